The molecule has 0 bridgehead atoms. The van der Waals surface area contributed by atoms with Crippen molar-refractivity contribution in [3.8, 4) is 0 Å². The summed E-state index contributed by atoms with van der Waals surface area (Å²) in [5.74, 6) is 0.0247. The van der Waals surface area contributed by atoms with Gasteiger partial charge in [0.1, 0.15) is 0 Å². The molecule has 1 aromatic heterocycles. The molecule has 0 radical (unpaired) electrons. The minimum absolute atomic E-state index is 0.0247. The lowest BCUT2D eigenvalue weighted by Crippen LogP contribution is -2.08. The Hall–Kier alpha value is -0.340. The summed E-state index contributed by atoms with van der Waals surface area (Å²) >= 11 is 1.74. The highest BCUT2D eigenvalue weighted by Crippen LogP contribution is 2.21. The van der Waals surface area contributed by atoms with Crippen LogP contribution in [0.2, 0.25) is 0 Å². The van der Waals surface area contributed by atoms with Gasteiger partial charge in [-0.3, -0.25) is 0 Å². The third-order valence-electron chi connectivity index (χ3n) is 1.06. The fourth-order valence-corrected chi connectivity index (χ4v) is 0.945. The van der Waals surface area contributed by atoms with E-state index in [0.29, 0.717) is 0 Å². The fraction of sp³-hybridized carbons (Fsp3) is 0.600. The van der Waals surface area contributed by atoms with Crippen molar-refractivity contribution in [2.24, 2.45) is 0 Å². The Bertz CT molecular complexity index is 259. The van der Waals surface area contributed by atoms with Crippen molar-refractivity contribution < 1.29 is 17.6 Å². The lowest BCUT2D eigenvalue weighted by molar-refractivity contribution is -0.134. The summed E-state index contributed by atoms with van der Waals surface area (Å²) < 4.78 is 40.0. The summed E-state index contributed by atoms with van der Waals surface area (Å²) in [6.07, 6.45) is -5.34. The van der Waals surface area contributed by atoms with Gasteiger partial charge in [0.25, 0.3) is 3.90 Å². The Kier molecular flexibility index (Phi) is 2.91. The SMILES string of the molecule is FC(F)(F)CCc1nnc(I)o1. The largest absolute Gasteiger partial charge is 0.416 e. The van der Waals surface area contributed by atoms with Crippen LogP contribution in [0.4, 0.5) is 13.2 Å². The first-order valence-electron chi connectivity index (χ1n) is 3.02. The summed E-state index contributed by atoms with van der Waals surface area (Å²) in [4.78, 5) is 0. The minimum Gasteiger partial charge on any atom is -0.416 e. The molecule has 0 unspecified atom stereocenters. The molecule has 0 spiro atoms. The fourth-order valence-electron chi connectivity index (χ4n) is 0.583. The highest BCUT2D eigenvalue weighted by molar-refractivity contribution is 14.1. The van der Waals surface area contributed by atoms with Crippen molar-refractivity contribution in [3.05, 3.63) is 9.79 Å². The van der Waals surface area contributed by atoms with Crippen LogP contribution in [-0.2, 0) is 6.42 Å². The molecule has 0 N–H and O–H groups in total. The van der Waals surface area contributed by atoms with E-state index in [1.165, 1.54) is 0 Å². The van der Waals surface area contributed by atoms with Gasteiger partial charge in [0.05, 0.1) is 6.42 Å². The van der Waals surface area contributed by atoms with Gasteiger partial charge in [-0.1, -0.05) is 0 Å². The van der Waals surface area contributed by atoms with Gasteiger partial charge in [-0.15, -0.1) is 10.2 Å². The van der Waals surface area contributed by atoms with E-state index in [2.05, 4.69) is 10.2 Å². The maximum Gasteiger partial charge on any atom is 0.389 e. The molecule has 0 atom stereocenters. The molecule has 0 amide bonds. The monoisotopic (exact) mass is 292 g/mol. The van der Waals surface area contributed by atoms with E-state index in [9.17, 15) is 13.2 Å². The van der Waals surface area contributed by atoms with Gasteiger partial charge in [0.15, 0.2) is 0 Å². The van der Waals surface area contributed by atoms with E-state index in [1.54, 1.807) is 22.6 Å². The zero-order chi connectivity index (χ0) is 9.19. The van der Waals surface area contributed by atoms with E-state index < -0.39 is 12.6 Å². The third kappa shape index (κ3) is 3.37. The number of hydrogen-bond donors (Lipinski definition) is 0. The lowest BCUT2D eigenvalue weighted by Gasteiger charge is -2.01. The predicted molar refractivity (Wildman–Crippen MR) is 41.4 cm³/mol. The maximum atomic E-state index is 11.7. The number of alkyl halides is 3. The van der Waals surface area contributed by atoms with Gasteiger partial charge in [-0.05, 0) is 0 Å². The van der Waals surface area contributed by atoms with E-state index in [0.717, 1.165) is 0 Å². The van der Waals surface area contributed by atoms with E-state index >= 15 is 0 Å². The maximum absolute atomic E-state index is 11.7. The minimum atomic E-state index is -4.17. The number of halogens is 4. The van der Waals surface area contributed by atoms with Crippen LogP contribution in [0.25, 0.3) is 0 Å². The number of aromatic nitrogens is 2. The molecule has 12 heavy (non-hydrogen) atoms. The summed E-state index contributed by atoms with van der Waals surface area (Å²) in [6, 6.07) is 0. The van der Waals surface area contributed by atoms with Crippen LogP contribution < -0.4 is 0 Å². The molecule has 0 saturated heterocycles. The molecule has 3 nitrogen and oxygen atoms in total. The summed E-state index contributed by atoms with van der Waals surface area (Å²) in [6.45, 7) is 0. The molecule has 1 aromatic rings. The van der Waals surface area contributed by atoms with Crippen LogP contribution >= 0.6 is 22.6 Å². The average molecular weight is 292 g/mol. The third-order valence-corrected chi connectivity index (χ3v) is 1.50. The van der Waals surface area contributed by atoms with Crippen LogP contribution in [0.1, 0.15) is 12.3 Å². The van der Waals surface area contributed by atoms with Crippen molar-refractivity contribution in [3.63, 3.8) is 0 Å². The van der Waals surface area contributed by atoms with Crippen molar-refractivity contribution in [1.29, 1.82) is 0 Å². The van der Waals surface area contributed by atoms with E-state index in [1.807, 2.05) is 0 Å². The molecule has 68 valence electrons. The normalized spacial score (nSPS) is 12.0. The zero-order valence-electron chi connectivity index (χ0n) is 5.73. The van der Waals surface area contributed by atoms with Gasteiger partial charge in [0.2, 0.25) is 5.89 Å². The molecular weight excluding hydrogens is 288 g/mol. The van der Waals surface area contributed by atoms with Gasteiger partial charge in [-0.25, -0.2) is 0 Å². The Morgan fingerprint density at radius 3 is 2.42 bits per heavy atom. The number of hydrogen-bond acceptors (Lipinski definition) is 3. The Labute approximate surface area is 79.5 Å². The van der Waals surface area contributed by atoms with Gasteiger partial charge < -0.3 is 4.42 Å². The Morgan fingerprint density at radius 2 is 2.00 bits per heavy atom. The molecule has 1 heterocycles. The first-order valence-corrected chi connectivity index (χ1v) is 4.10. The topological polar surface area (TPSA) is 38.9 Å². The first-order chi connectivity index (χ1) is 5.47. The standard InChI is InChI=1S/C5H4F3IN2O/c6-5(7,8)2-1-3-10-11-4(9)12-3/h1-2H2. The molecule has 1 rings (SSSR count). The quantitative estimate of drug-likeness (QED) is 0.784. The molecule has 0 aliphatic carbocycles. The molecule has 0 fully saturated rings. The molecule has 0 saturated carbocycles. The van der Waals surface area contributed by atoms with Crippen molar-refractivity contribution in [2.45, 2.75) is 19.0 Å². The second kappa shape index (κ2) is 3.58. The number of nitrogens with zero attached hydrogens (tertiary/aromatic N) is 2. The van der Waals surface area contributed by atoms with Gasteiger partial charge in [0, 0.05) is 29.0 Å². The summed E-state index contributed by atoms with van der Waals surface area (Å²) in [7, 11) is 0. The number of aryl methyl sites for hydroxylation is 1. The van der Waals surface area contributed by atoms with Crippen molar-refractivity contribution >= 4 is 22.6 Å². The zero-order valence-corrected chi connectivity index (χ0v) is 7.89. The van der Waals surface area contributed by atoms with E-state index in [4.69, 9.17) is 4.42 Å². The number of rotatable bonds is 2. The summed E-state index contributed by atoms with van der Waals surface area (Å²) in [5.41, 5.74) is 0. The van der Waals surface area contributed by atoms with Crippen LogP contribution in [-0.4, -0.2) is 16.4 Å². The second-order valence-electron chi connectivity index (χ2n) is 2.06. The molecule has 7 heteroatoms. The van der Waals surface area contributed by atoms with Crippen molar-refractivity contribution in [1.82, 2.24) is 10.2 Å². The highest BCUT2D eigenvalue weighted by atomic mass is 127. The summed E-state index contributed by atoms with van der Waals surface area (Å²) in [5, 5.41) is 6.81. The van der Waals surface area contributed by atoms with Gasteiger partial charge >= 0.3 is 6.18 Å². The lowest BCUT2D eigenvalue weighted by atomic mass is 10.3. The molecular formula is C5H4F3IN2O. The highest BCUT2D eigenvalue weighted by Gasteiger charge is 2.27. The van der Waals surface area contributed by atoms with Crippen LogP contribution in [0.3, 0.4) is 0 Å². The molecule has 0 aromatic carbocycles. The van der Waals surface area contributed by atoms with E-state index in [-0.39, 0.29) is 16.2 Å². The van der Waals surface area contributed by atoms with Crippen LogP contribution in [0, 0.1) is 3.90 Å². The second-order valence-corrected chi connectivity index (χ2v) is 2.99. The molecule has 0 aliphatic rings. The van der Waals surface area contributed by atoms with Crippen LogP contribution in [0.15, 0.2) is 4.42 Å². The Morgan fingerprint density at radius 1 is 1.33 bits per heavy atom. The van der Waals surface area contributed by atoms with Crippen molar-refractivity contribution in [2.75, 3.05) is 0 Å². The Balaban J connectivity index is 2.44. The van der Waals surface area contributed by atoms with Gasteiger partial charge in [-0.2, -0.15) is 13.2 Å². The molecule has 0 aliphatic heterocycles. The average Bonchev–Trinajstić information content (AvgIpc) is 2.30. The first kappa shape index (κ1) is 9.75. The van der Waals surface area contributed by atoms with Crippen LogP contribution in [0.5, 0.6) is 0 Å². The smallest absolute Gasteiger partial charge is 0.389 e. The predicted octanol–water partition coefficient (Wildman–Crippen LogP) is 2.17.